The van der Waals surface area contributed by atoms with Gasteiger partial charge in [-0.3, -0.25) is 0 Å². The third-order valence-electron chi connectivity index (χ3n) is 2.78. The molecule has 2 fully saturated rings. The molecule has 1 aliphatic heterocycles. The number of carbonyl (C=O) groups is 1. The van der Waals surface area contributed by atoms with Crippen LogP contribution in [0.5, 0.6) is 0 Å². The van der Waals surface area contributed by atoms with Crippen molar-refractivity contribution in [2.24, 2.45) is 11.8 Å². The zero-order chi connectivity index (χ0) is 10.3. The molecule has 2 N–H and O–H groups in total. The molecule has 1 heterocycles. The van der Waals surface area contributed by atoms with Gasteiger partial charge in [0, 0.05) is 19.1 Å². The van der Waals surface area contributed by atoms with Gasteiger partial charge in [-0.15, -0.1) is 0 Å². The molecular weight excluding hydrogens is 180 g/mol. The number of alkyl carbamates (subject to hydrolysis) is 1. The molecule has 0 aromatic carbocycles. The van der Waals surface area contributed by atoms with Crippen molar-refractivity contribution in [1.29, 1.82) is 0 Å². The second-order valence-electron chi connectivity index (χ2n) is 5.16. The number of piperidine rings is 1. The third kappa shape index (κ3) is 2.00. The Morgan fingerprint density at radius 2 is 1.93 bits per heavy atom. The molecule has 0 spiro atoms. The van der Waals surface area contributed by atoms with Crippen LogP contribution >= 0.6 is 0 Å². The van der Waals surface area contributed by atoms with Crippen LogP contribution in [0.3, 0.4) is 0 Å². The van der Waals surface area contributed by atoms with E-state index < -0.39 is 5.60 Å². The summed E-state index contributed by atoms with van der Waals surface area (Å²) >= 11 is 0. The first kappa shape index (κ1) is 9.77. The summed E-state index contributed by atoms with van der Waals surface area (Å²) in [5.74, 6) is 1.28. The number of fused-ring (bicyclic) bond motifs is 1. The number of amides is 1. The molecule has 4 nitrogen and oxygen atoms in total. The van der Waals surface area contributed by atoms with E-state index in [1.165, 1.54) is 0 Å². The lowest BCUT2D eigenvalue weighted by Crippen LogP contribution is -2.37. The molecule has 1 aliphatic carbocycles. The van der Waals surface area contributed by atoms with E-state index in [1.54, 1.807) is 0 Å². The highest BCUT2D eigenvalue weighted by Gasteiger charge is 2.54. The lowest BCUT2D eigenvalue weighted by Gasteiger charge is -2.20. The lowest BCUT2D eigenvalue weighted by molar-refractivity contribution is 0.0518. The van der Waals surface area contributed by atoms with Crippen LogP contribution in [0, 0.1) is 11.8 Å². The topological polar surface area (TPSA) is 50.4 Å². The molecule has 1 amide bonds. The molecule has 0 aromatic rings. The van der Waals surface area contributed by atoms with Crippen molar-refractivity contribution in [2.75, 3.05) is 13.1 Å². The maximum atomic E-state index is 11.4. The molecule has 4 heteroatoms. The van der Waals surface area contributed by atoms with Gasteiger partial charge in [-0.1, -0.05) is 0 Å². The Morgan fingerprint density at radius 1 is 1.36 bits per heavy atom. The van der Waals surface area contributed by atoms with Crippen molar-refractivity contribution in [3.05, 3.63) is 0 Å². The second kappa shape index (κ2) is 3.12. The minimum Gasteiger partial charge on any atom is -0.444 e. The van der Waals surface area contributed by atoms with Crippen molar-refractivity contribution in [3.8, 4) is 0 Å². The van der Waals surface area contributed by atoms with Crippen molar-refractivity contribution >= 4 is 6.09 Å². The Hall–Kier alpha value is -0.770. The highest BCUT2D eigenvalue weighted by Crippen LogP contribution is 2.41. The van der Waals surface area contributed by atoms with Crippen molar-refractivity contribution < 1.29 is 9.53 Å². The molecule has 3 atom stereocenters. The van der Waals surface area contributed by atoms with Crippen LogP contribution in [-0.2, 0) is 4.74 Å². The summed E-state index contributed by atoms with van der Waals surface area (Å²) in [6, 6.07) is 0.353. The van der Waals surface area contributed by atoms with Gasteiger partial charge in [-0.05, 0) is 32.6 Å². The van der Waals surface area contributed by atoms with Crippen LogP contribution in [0.25, 0.3) is 0 Å². The van der Waals surface area contributed by atoms with E-state index in [0.717, 1.165) is 13.1 Å². The van der Waals surface area contributed by atoms with Crippen LogP contribution in [-0.4, -0.2) is 30.8 Å². The van der Waals surface area contributed by atoms with Crippen molar-refractivity contribution in [1.82, 2.24) is 10.6 Å². The Bertz CT molecular complexity index is 237. The van der Waals surface area contributed by atoms with E-state index in [-0.39, 0.29) is 6.09 Å². The average Bonchev–Trinajstić information content (AvgIpc) is 2.50. The van der Waals surface area contributed by atoms with E-state index >= 15 is 0 Å². The van der Waals surface area contributed by atoms with Gasteiger partial charge in [0.05, 0.1) is 0 Å². The van der Waals surface area contributed by atoms with Gasteiger partial charge in [-0.2, -0.15) is 0 Å². The van der Waals surface area contributed by atoms with Crippen LogP contribution < -0.4 is 10.6 Å². The van der Waals surface area contributed by atoms with E-state index in [2.05, 4.69) is 10.6 Å². The Morgan fingerprint density at radius 3 is 2.43 bits per heavy atom. The van der Waals surface area contributed by atoms with Crippen molar-refractivity contribution in [2.45, 2.75) is 32.4 Å². The lowest BCUT2D eigenvalue weighted by atomic mass is 10.2. The third-order valence-corrected chi connectivity index (χ3v) is 2.78. The van der Waals surface area contributed by atoms with E-state index in [0.29, 0.717) is 17.9 Å². The van der Waals surface area contributed by atoms with Gasteiger partial charge in [0.25, 0.3) is 0 Å². The van der Waals surface area contributed by atoms with Gasteiger partial charge >= 0.3 is 6.09 Å². The molecule has 80 valence electrons. The summed E-state index contributed by atoms with van der Waals surface area (Å²) < 4.78 is 5.18. The number of hydrogen-bond acceptors (Lipinski definition) is 3. The summed E-state index contributed by atoms with van der Waals surface area (Å²) in [7, 11) is 0. The van der Waals surface area contributed by atoms with Crippen LogP contribution in [0.1, 0.15) is 20.8 Å². The van der Waals surface area contributed by atoms with Gasteiger partial charge in [0.1, 0.15) is 5.60 Å². The predicted octanol–water partition coefficient (Wildman–Crippen LogP) is 0.729. The first-order valence-corrected chi connectivity index (χ1v) is 5.17. The fraction of sp³-hybridized carbons (Fsp3) is 0.900. The van der Waals surface area contributed by atoms with E-state index in [1.807, 2.05) is 20.8 Å². The molecule has 2 unspecified atom stereocenters. The smallest absolute Gasteiger partial charge is 0.407 e. The summed E-state index contributed by atoms with van der Waals surface area (Å²) in [6.07, 6.45) is -0.281. The van der Waals surface area contributed by atoms with E-state index in [4.69, 9.17) is 4.74 Å². The van der Waals surface area contributed by atoms with E-state index in [9.17, 15) is 4.79 Å². The molecule has 0 bridgehead atoms. The molecule has 0 aromatic heterocycles. The zero-order valence-electron chi connectivity index (χ0n) is 8.96. The van der Waals surface area contributed by atoms with Crippen LogP contribution in [0.15, 0.2) is 0 Å². The molecule has 1 saturated carbocycles. The first-order chi connectivity index (χ1) is 6.47. The maximum absolute atomic E-state index is 11.4. The number of carbonyl (C=O) groups excluding carboxylic acids is 1. The first-order valence-electron chi connectivity index (χ1n) is 5.17. The Kier molecular flexibility index (Phi) is 2.18. The van der Waals surface area contributed by atoms with Crippen molar-refractivity contribution in [3.63, 3.8) is 0 Å². The quantitative estimate of drug-likeness (QED) is 0.653. The van der Waals surface area contributed by atoms with Gasteiger partial charge in [0.15, 0.2) is 0 Å². The SMILES string of the molecule is CC(C)(C)OC(=O)NC1C2CNC[C@H]21. The molecule has 2 aliphatic rings. The summed E-state index contributed by atoms with van der Waals surface area (Å²) in [4.78, 5) is 11.4. The highest BCUT2D eigenvalue weighted by molar-refractivity contribution is 5.68. The molecule has 0 radical (unpaired) electrons. The van der Waals surface area contributed by atoms with Gasteiger partial charge < -0.3 is 15.4 Å². The summed E-state index contributed by atoms with van der Waals surface area (Å²) in [5, 5.41) is 6.19. The standard InChI is InChI=1S/C10H18N2O2/c1-10(2,3)14-9(13)12-8-6-4-11-5-7(6)8/h6-8,11H,4-5H2,1-3H3,(H,12,13)/t6-,7?,8?/m1/s1. The zero-order valence-corrected chi connectivity index (χ0v) is 8.96. The Balaban J connectivity index is 1.74. The largest absolute Gasteiger partial charge is 0.444 e. The minimum atomic E-state index is -0.396. The van der Waals surface area contributed by atoms with Crippen LogP contribution in [0.4, 0.5) is 4.79 Å². The number of nitrogens with one attached hydrogen (secondary N) is 2. The fourth-order valence-electron chi connectivity index (χ4n) is 2.08. The molecular formula is C10H18N2O2. The summed E-state index contributed by atoms with van der Waals surface area (Å²) in [5.41, 5.74) is -0.396. The molecule has 2 rings (SSSR count). The van der Waals surface area contributed by atoms with Gasteiger partial charge in [0.2, 0.25) is 0 Å². The normalized spacial score (nSPS) is 34.9. The minimum absolute atomic E-state index is 0.281. The fourth-order valence-corrected chi connectivity index (χ4v) is 2.08. The number of ether oxygens (including phenoxy) is 1. The average molecular weight is 198 g/mol. The van der Waals surface area contributed by atoms with Crippen LogP contribution in [0.2, 0.25) is 0 Å². The maximum Gasteiger partial charge on any atom is 0.407 e. The number of hydrogen-bond donors (Lipinski definition) is 2. The second-order valence-corrected chi connectivity index (χ2v) is 5.16. The number of rotatable bonds is 1. The summed E-state index contributed by atoms with van der Waals surface area (Å²) in [6.45, 7) is 7.70. The monoisotopic (exact) mass is 198 g/mol. The predicted molar refractivity (Wildman–Crippen MR) is 53.0 cm³/mol. The molecule has 1 saturated heterocycles. The highest BCUT2D eigenvalue weighted by atomic mass is 16.6. The Labute approximate surface area is 84.4 Å². The van der Waals surface area contributed by atoms with Gasteiger partial charge in [-0.25, -0.2) is 4.79 Å². The molecule has 14 heavy (non-hydrogen) atoms.